The van der Waals surface area contributed by atoms with Gasteiger partial charge < -0.3 is 4.90 Å². The van der Waals surface area contributed by atoms with Gasteiger partial charge in [-0.15, -0.1) is 0 Å². The number of carbonyl (C=O) groups excluding carboxylic acids is 1. The second kappa shape index (κ2) is 9.08. The monoisotopic (exact) mass is 400 g/mol. The Labute approximate surface area is 178 Å². The third kappa shape index (κ3) is 4.20. The summed E-state index contributed by atoms with van der Waals surface area (Å²) in [6.07, 6.45) is 11.6. The number of aromatic nitrogens is 3. The van der Waals surface area contributed by atoms with Gasteiger partial charge in [-0.3, -0.25) is 9.78 Å². The van der Waals surface area contributed by atoms with Crippen molar-refractivity contribution in [3.8, 4) is 5.69 Å². The van der Waals surface area contributed by atoms with Gasteiger partial charge in [0.2, 0.25) is 5.91 Å². The maximum Gasteiger partial charge on any atom is 0.247 e. The van der Waals surface area contributed by atoms with Crippen LogP contribution in [-0.2, 0) is 4.79 Å². The first-order valence-electron chi connectivity index (χ1n) is 10.7. The quantitative estimate of drug-likeness (QED) is 0.577. The second-order valence-electron chi connectivity index (χ2n) is 7.84. The summed E-state index contributed by atoms with van der Waals surface area (Å²) < 4.78 is 1.94. The summed E-state index contributed by atoms with van der Waals surface area (Å²) in [4.78, 5) is 19.4. The van der Waals surface area contributed by atoms with Gasteiger partial charge in [0.15, 0.2) is 0 Å². The van der Waals surface area contributed by atoms with Gasteiger partial charge in [-0.25, -0.2) is 4.68 Å². The van der Waals surface area contributed by atoms with Gasteiger partial charge in [0.25, 0.3) is 0 Å². The van der Waals surface area contributed by atoms with Crippen LogP contribution in [0.4, 0.5) is 0 Å². The lowest BCUT2D eigenvalue weighted by Crippen LogP contribution is -2.33. The van der Waals surface area contributed by atoms with Crippen molar-refractivity contribution in [2.24, 2.45) is 0 Å². The van der Waals surface area contributed by atoms with Crippen LogP contribution in [-0.4, -0.2) is 32.1 Å². The molecule has 1 aliphatic rings. The number of para-hydroxylation sites is 1. The standard InChI is InChI=1S/C25H28N4O/c1-19-23(20(2)29(27-19)22-9-5-3-6-10-22)12-13-25(30)28-18-8-4-7-11-24(28)21-14-16-26-17-15-21/h3,5-6,9-10,12-17,24H,4,7-8,11,18H2,1-2H3/b13-12+. The summed E-state index contributed by atoms with van der Waals surface area (Å²) in [6.45, 7) is 4.82. The first-order valence-corrected chi connectivity index (χ1v) is 10.7. The number of rotatable bonds is 4. The number of likely N-dealkylation sites (tertiary alicyclic amines) is 1. The van der Waals surface area contributed by atoms with E-state index in [1.54, 1.807) is 6.08 Å². The lowest BCUT2D eigenvalue weighted by Gasteiger charge is -2.29. The number of pyridine rings is 1. The Balaban J connectivity index is 1.59. The van der Waals surface area contributed by atoms with Crippen LogP contribution in [0.15, 0.2) is 60.9 Å². The zero-order valence-electron chi connectivity index (χ0n) is 17.7. The lowest BCUT2D eigenvalue weighted by molar-refractivity contribution is -0.128. The maximum absolute atomic E-state index is 13.2. The molecule has 1 unspecified atom stereocenters. The van der Waals surface area contributed by atoms with Crippen LogP contribution in [0.1, 0.15) is 54.2 Å². The van der Waals surface area contributed by atoms with Crippen LogP contribution in [0, 0.1) is 13.8 Å². The van der Waals surface area contributed by atoms with Crippen molar-refractivity contribution < 1.29 is 4.79 Å². The molecule has 1 aliphatic heterocycles. The van der Waals surface area contributed by atoms with Crippen LogP contribution < -0.4 is 0 Å². The molecule has 1 fully saturated rings. The fourth-order valence-corrected chi connectivity index (χ4v) is 4.27. The van der Waals surface area contributed by atoms with E-state index in [4.69, 9.17) is 0 Å². The van der Waals surface area contributed by atoms with Crippen molar-refractivity contribution in [2.45, 2.75) is 45.6 Å². The van der Waals surface area contributed by atoms with Gasteiger partial charge in [-0.05, 0) is 62.6 Å². The number of nitrogens with zero attached hydrogens (tertiary/aromatic N) is 4. The van der Waals surface area contributed by atoms with E-state index in [2.05, 4.69) is 10.1 Å². The first-order chi connectivity index (χ1) is 14.6. The average Bonchev–Trinajstić information content (AvgIpc) is 2.95. The van der Waals surface area contributed by atoms with E-state index in [0.717, 1.165) is 60.4 Å². The minimum Gasteiger partial charge on any atom is -0.332 e. The molecule has 1 aromatic carbocycles. The largest absolute Gasteiger partial charge is 0.332 e. The third-order valence-electron chi connectivity index (χ3n) is 5.87. The summed E-state index contributed by atoms with van der Waals surface area (Å²) in [6, 6.07) is 14.2. The maximum atomic E-state index is 13.2. The Morgan fingerprint density at radius 1 is 1.03 bits per heavy atom. The molecule has 0 aliphatic carbocycles. The molecule has 5 heteroatoms. The molecule has 3 heterocycles. The number of benzene rings is 1. The highest BCUT2D eigenvalue weighted by atomic mass is 16.2. The van der Waals surface area contributed by atoms with E-state index in [1.165, 1.54) is 0 Å². The molecule has 3 aromatic rings. The summed E-state index contributed by atoms with van der Waals surface area (Å²) >= 11 is 0. The minimum atomic E-state index is 0.0602. The number of amides is 1. The van der Waals surface area contributed by atoms with Crippen molar-refractivity contribution in [1.82, 2.24) is 19.7 Å². The molecule has 2 aromatic heterocycles. The van der Waals surface area contributed by atoms with Crippen LogP contribution in [0.25, 0.3) is 11.8 Å². The third-order valence-corrected chi connectivity index (χ3v) is 5.87. The topological polar surface area (TPSA) is 51.0 Å². The Morgan fingerprint density at radius 3 is 2.57 bits per heavy atom. The Kier molecular flexibility index (Phi) is 6.07. The minimum absolute atomic E-state index is 0.0602. The number of hydrogen-bond acceptors (Lipinski definition) is 3. The van der Waals surface area contributed by atoms with Gasteiger partial charge in [0, 0.05) is 36.3 Å². The van der Waals surface area contributed by atoms with Gasteiger partial charge in [0.1, 0.15) is 0 Å². The molecule has 1 saturated heterocycles. The second-order valence-corrected chi connectivity index (χ2v) is 7.84. The van der Waals surface area contributed by atoms with Crippen molar-refractivity contribution in [1.29, 1.82) is 0 Å². The summed E-state index contributed by atoms with van der Waals surface area (Å²) in [7, 11) is 0. The average molecular weight is 401 g/mol. The molecule has 0 N–H and O–H groups in total. The SMILES string of the molecule is Cc1nn(-c2ccccc2)c(C)c1/C=C/C(=O)N1CCCCCC1c1ccncc1. The molecule has 0 saturated carbocycles. The lowest BCUT2D eigenvalue weighted by atomic mass is 10.0. The zero-order valence-corrected chi connectivity index (χ0v) is 17.7. The molecule has 154 valence electrons. The molecule has 1 atom stereocenters. The van der Waals surface area contributed by atoms with E-state index in [-0.39, 0.29) is 11.9 Å². The number of hydrogen-bond donors (Lipinski definition) is 0. The van der Waals surface area contributed by atoms with Crippen LogP contribution in [0.3, 0.4) is 0 Å². The van der Waals surface area contributed by atoms with Gasteiger partial charge in [-0.2, -0.15) is 5.10 Å². The smallest absolute Gasteiger partial charge is 0.247 e. The molecule has 30 heavy (non-hydrogen) atoms. The fraction of sp³-hybridized carbons (Fsp3) is 0.320. The Morgan fingerprint density at radius 2 is 1.80 bits per heavy atom. The van der Waals surface area contributed by atoms with Crippen molar-refractivity contribution in [3.05, 3.63) is 83.4 Å². The number of aryl methyl sites for hydroxylation is 1. The van der Waals surface area contributed by atoms with E-state index >= 15 is 0 Å². The Hall–Kier alpha value is -3.21. The summed E-state index contributed by atoms with van der Waals surface area (Å²) in [5, 5.41) is 4.68. The van der Waals surface area contributed by atoms with Crippen LogP contribution >= 0.6 is 0 Å². The van der Waals surface area contributed by atoms with Gasteiger partial charge >= 0.3 is 0 Å². The van der Waals surface area contributed by atoms with Crippen LogP contribution in [0.2, 0.25) is 0 Å². The van der Waals surface area contributed by atoms with E-state index < -0.39 is 0 Å². The summed E-state index contributed by atoms with van der Waals surface area (Å²) in [5.74, 6) is 0.0602. The summed E-state index contributed by atoms with van der Waals surface area (Å²) in [5.41, 5.74) is 5.14. The first kappa shape index (κ1) is 20.1. The Bertz CT molecular complexity index is 1020. The van der Waals surface area contributed by atoms with E-state index in [0.29, 0.717) is 0 Å². The molecule has 1 amide bonds. The molecule has 0 spiro atoms. The molecule has 0 bridgehead atoms. The van der Waals surface area contributed by atoms with Crippen molar-refractivity contribution in [3.63, 3.8) is 0 Å². The van der Waals surface area contributed by atoms with Gasteiger partial charge in [0.05, 0.1) is 17.4 Å². The van der Waals surface area contributed by atoms with Crippen molar-refractivity contribution in [2.75, 3.05) is 6.54 Å². The fourth-order valence-electron chi connectivity index (χ4n) is 4.27. The zero-order chi connectivity index (χ0) is 20.9. The molecule has 5 nitrogen and oxygen atoms in total. The van der Waals surface area contributed by atoms with Gasteiger partial charge in [-0.1, -0.05) is 31.0 Å². The van der Waals surface area contributed by atoms with Crippen LogP contribution in [0.5, 0.6) is 0 Å². The predicted molar refractivity (Wildman–Crippen MR) is 119 cm³/mol. The highest BCUT2D eigenvalue weighted by Crippen LogP contribution is 2.30. The molecule has 0 radical (unpaired) electrons. The highest BCUT2D eigenvalue weighted by molar-refractivity contribution is 5.92. The normalized spacial score (nSPS) is 17.3. The highest BCUT2D eigenvalue weighted by Gasteiger charge is 2.25. The van der Waals surface area contributed by atoms with Crippen molar-refractivity contribution >= 4 is 12.0 Å². The predicted octanol–water partition coefficient (Wildman–Crippen LogP) is 5.04. The number of carbonyl (C=O) groups is 1. The molecular formula is C25H28N4O. The van der Waals surface area contributed by atoms with E-state index in [9.17, 15) is 4.79 Å². The molecular weight excluding hydrogens is 372 g/mol. The molecule has 4 rings (SSSR count). The van der Waals surface area contributed by atoms with E-state index in [1.807, 2.05) is 84.4 Å².